The van der Waals surface area contributed by atoms with Crippen molar-refractivity contribution >= 4 is 0 Å². The van der Waals surface area contributed by atoms with Crippen LogP contribution in [-0.2, 0) is 0 Å². The lowest BCUT2D eigenvalue weighted by Crippen LogP contribution is -2.30. The zero-order chi connectivity index (χ0) is 12.4. The molecule has 0 saturated carbocycles. The summed E-state index contributed by atoms with van der Waals surface area (Å²) in [5, 5.41) is 11.7. The van der Waals surface area contributed by atoms with Crippen LogP contribution < -0.4 is 5.32 Å². The van der Waals surface area contributed by atoms with Gasteiger partial charge in [-0.2, -0.15) is 0 Å². The Labute approximate surface area is 107 Å². The Hall–Kier alpha value is -1.68. The fourth-order valence-corrected chi connectivity index (χ4v) is 2.50. The highest BCUT2D eigenvalue weighted by atomic mass is 15.4. The third-order valence-corrected chi connectivity index (χ3v) is 3.58. The average Bonchev–Trinajstić information content (AvgIpc) is 2.90. The summed E-state index contributed by atoms with van der Waals surface area (Å²) in [5.74, 6) is 0. The number of rotatable bonds is 2. The van der Waals surface area contributed by atoms with E-state index >= 15 is 0 Å². The highest BCUT2D eigenvalue weighted by molar-refractivity contribution is 5.58. The Morgan fingerprint density at radius 2 is 1.89 bits per heavy atom. The molecule has 0 aliphatic carbocycles. The van der Waals surface area contributed by atoms with E-state index in [2.05, 4.69) is 51.5 Å². The van der Waals surface area contributed by atoms with Crippen molar-refractivity contribution in [2.75, 3.05) is 13.1 Å². The molecule has 1 saturated heterocycles. The van der Waals surface area contributed by atoms with Crippen LogP contribution in [0.5, 0.6) is 0 Å². The van der Waals surface area contributed by atoms with Gasteiger partial charge in [-0.15, -0.1) is 5.10 Å². The van der Waals surface area contributed by atoms with E-state index < -0.39 is 0 Å². The molecule has 1 aromatic heterocycles. The monoisotopic (exact) mass is 242 g/mol. The molecule has 0 bridgehead atoms. The first-order valence-corrected chi connectivity index (χ1v) is 6.52. The van der Waals surface area contributed by atoms with Gasteiger partial charge >= 0.3 is 0 Å². The number of piperidine rings is 1. The van der Waals surface area contributed by atoms with E-state index in [9.17, 15) is 0 Å². The van der Waals surface area contributed by atoms with Crippen molar-refractivity contribution < 1.29 is 0 Å². The molecule has 0 unspecified atom stereocenters. The smallest absolute Gasteiger partial charge is 0.0888 e. The second kappa shape index (κ2) is 4.90. The van der Waals surface area contributed by atoms with Crippen LogP contribution in [0.4, 0.5) is 0 Å². The van der Waals surface area contributed by atoms with Crippen molar-refractivity contribution in [3.63, 3.8) is 0 Å². The first-order valence-electron chi connectivity index (χ1n) is 6.52. The van der Waals surface area contributed by atoms with Crippen molar-refractivity contribution in [2.45, 2.75) is 25.8 Å². The molecule has 3 rings (SSSR count). The van der Waals surface area contributed by atoms with Crippen LogP contribution >= 0.6 is 0 Å². The Morgan fingerprint density at radius 1 is 1.17 bits per heavy atom. The number of nitrogens with one attached hydrogen (secondary N) is 1. The number of hydrogen-bond acceptors (Lipinski definition) is 3. The van der Waals surface area contributed by atoms with Gasteiger partial charge in [0.2, 0.25) is 0 Å². The summed E-state index contributed by atoms with van der Waals surface area (Å²) in [6, 6.07) is 9.03. The Morgan fingerprint density at radius 3 is 2.61 bits per heavy atom. The summed E-state index contributed by atoms with van der Waals surface area (Å²) < 4.78 is 2.09. The second-order valence-corrected chi connectivity index (χ2v) is 4.91. The van der Waals surface area contributed by atoms with Gasteiger partial charge in [-0.25, -0.2) is 4.68 Å². The number of nitrogens with zero attached hydrogens (tertiary/aromatic N) is 3. The molecule has 0 atom stereocenters. The van der Waals surface area contributed by atoms with Crippen molar-refractivity contribution in [1.82, 2.24) is 20.3 Å². The van der Waals surface area contributed by atoms with E-state index in [-0.39, 0.29) is 0 Å². The van der Waals surface area contributed by atoms with Gasteiger partial charge in [0.05, 0.1) is 17.9 Å². The third kappa shape index (κ3) is 2.16. The molecule has 1 N–H and O–H groups in total. The molecule has 1 aromatic carbocycles. The standard InChI is InChI=1S/C14H18N4/c1-11-2-4-12(5-3-11)14-10-16-17-18(14)13-6-8-15-9-7-13/h2-5,10,13,15H,6-9H2,1H3. The average molecular weight is 242 g/mol. The van der Waals surface area contributed by atoms with Crippen molar-refractivity contribution in [3.8, 4) is 11.3 Å². The van der Waals surface area contributed by atoms with E-state index in [1.165, 1.54) is 11.1 Å². The zero-order valence-electron chi connectivity index (χ0n) is 10.6. The van der Waals surface area contributed by atoms with Crippen LogP contribution in [0, 0.1) is 6.92 Å². The SMILES string of the molecule is Cc1ccc(-c2cnnn2C2CCNCC2)cc1. The van der Waals surface area contributed by atoms with Crippen LogP contribution in [0.25, 0.3) is 11.3 Å². The number of aromatic nitrogens is 3. The summed E-state index contributed by atoms with van der Waals surface area (Å²) in [4.78, 5) is 0. The van der Waals surface area contributed by atoms with Crippen molar-refractivity contribution in [3.05, 3.63) is 36.0 Å². The number of aryl methyl sites for hydroxylation is 1. The maximum Gasteiger partial charge on any atom is 0.0888 e. The van der Waals surface area contributed by atoms with Gasteiger partial charge in [-0.1, -0.05) is 35.0 Å². The maximum atomic E-state index is 4.28. The molecule has 2 aromatic rings. The highest BCUT2D eigenvalue weighted by Crippen LogP contribution is 2.25. The van der Waals surface area contributed by atoms with Gasteiger partial charge < -0.3 is 5.32 Å². The summed E-state index contributed by atoms with van der Waals surface area (Å²) >= 11 is 0. The first-order chi connectivity index (χ1) is 8.84. The lowest BCUT2D eigenvalue weighted by Gasteiger charge is -2.24. The molecule has 1 aliphatic rings. The molecule has 2 heterocycles. The van der Waals surface area contributed by atoms with Crippen LogP contribution in [0.2, 0.25) is 0 Å². The minimum absolute atomic E-state index is 0.477. The molecule has 1 aliphatic heterocycles. The minimum Gasteiger partial charge on any atom is -0.317 e. The quantitative estimate of drug-likeness (QED) is 0.877. The van der Waals surface area contributed by atoms with Gasteiger partial charge in [0.1, 0.15) is 0 Å². The zero-order valence-corrected chi connectivity index (χ0v) is 10.6. The number of benzene rings is 1. The van der Waals surface area contributed by atoms with Gasteiger partial charge in [-0.3, -0.25) is 0 Å². The first kappa shape index (κ1) is 11.4. The Balaban J connectivity index is 1.93. The largest absolute Gasteiger partial charge is 0.317 e. The van der Waals surface area contributed by atoms with Gasteiger partial charge in [0.15, 0.2) is 0 Å². The topological polar surface area (TPSA) is 42.7 Å². The molecule has 0 amide bonds. The molecule has 4 heteroatoms. The molecule has 4 nitrogen and oxygen atoms in total. The molecule has 94 valence electrons. The fourth-order valence-electron chi connectivity index (χ4n) is 2.50. The van der Waals surface area contributed by atoms with E-state index in [1.54, 1.807) is 0 Å². The van der Waals surface area contributed by atoms with E-state index in [0.29, 0.717) is 6.04 Å². The van der Waals surface area contributed by atoms with Gasteiger partial charge in [-0.05, 0) is 32.9 Å². The lowest BCUT2D eigenvalue weighted by molar-refractivity contribution is 0.340. The molecule has 18 heavy (non-hydrogen) atoms. The van der Waals surface area contributed by atoms with Crippen LogP contribution in [0.1, 0.15) is 24.4 Å². The third-order valence-electron chi connectivity index (χ3n) is 3.58. The van der Waals surface area contributed by atoms with Crippen molar-refractivity contribution in [1.29, 1.82) is 0 Å². The normalized spacial score (nSPS) is 16.9. The lowest BCUT2D eigenvalue weighted by atomic mass is 10.1. The Kier molecular flexibility index (Phi) is 3.11. The van der Waals surface area contributed by atoms with E-state index in [4.69, 9.17) is 0 Å². The summed E-state index contributed by atoms with van der Waals surface area (Å²) in [5.41, 5.74) is 3.60. The summed E-state index contributed by atoms with van der Waals surface area (Å²) in [6.45, 7) is 4.24. The molecule has 1 fully saturated rings. The summed E-state index contributed by atoms with van der Waals surface area (Å²) in [6.07, 6.45) is 4.12. The van der Waals surface area contributed by atoms with Gasteiger partial charge in [0.25, 0.3) is 0 Å². The van der Waals surface area contributed by atoms with E-state index in [0.717, 1.165) is 31.6 Å². The predicted molar refractivity (Wildman–Crippen MR) is 71.3 cm³/mol. The molecule has 0 radical (unpaired) electrons. The maximum absolute atomic E-state index is 4.28. The number of hydrogen-bond donors (Lipinski definition) is 1. The fraction of sp³-hybridized carbons (Fsp3) is 0.429. The predicted octanol–water partition coefficient (Wildman–Crippen LogP) is 2.18. The van der Waals surface area contributed by atoms with Crippen LogP contribution in [0.3, 0.4) is 0 Å². The Bertz CT molecular complexity index is 509. The molecular weight excluding hydrogens is 224 g/mol. The highest BCUT2D eigenvalue weighted by Gasteiger charge is 2.19. The van der Waals surface area contributed by atoms with E-state index in [1.807, 2.05) is 6.20 Å². The second-order valence-electron chi connectivity index (χ2n) is 4.91. The summed E-state index contributed by atoms with van der Waals surface area (Å²) in [7, 11) is 0. The van der Waals surface area contributed by atoms with Gasteiger partial charge in [0, 0.05) is 5.56 Å². The van der Waals surface area contributed by atoms with Crippen molar-refractivity contribution in [2.24, 2.45) is 0 Å². The molecule has 0 spiro atoms. The minimum atomic E-state index is 0.477. The van der Waals surface area contributed by atoms with Crippen LogP contribution in [0.15, 0.2) is 30.5 Å². The van der Waals surface area contributed by atoms with Crippen LogP contribution in [-0.4, -0.2) is 28.1 Å². The molecular formula is C14H18N4.